The summed E-state index contributed by atoms with van der Waals surface area (Å²) in [7, 11) is 4.25. The molecule has 4 heteroatoms. The molecule has 0 aromatic carbocycles. The minimum atomic E-state index is 0.424. The second-order valence-corrected chi connectivity index (χ2v) is 5.25. The number of ether oxygens (including phenoxy) is 2. The number of rotatable bonds is 4. The zero-order valence-electron chi connectivity index (χ0n) is 11.2. The van der Waals surface area contributed by atoms with Crippen molar-refractivity contribution in [1.29, 1.82) is 0 Å². The lowest BCUT2D eigenvalue weighted by Gasteiger charge is -2.39. The maximum atomic E-state index is 5.81. The Kier molecular flexibility index (Phi) is 5.22. The van der Waals surface area contributed by atoms with Crippen LogP contribution >= 0.6 is 0 Å². The fourth-order valence-electron chi connectivity index (χ4n) is 2.90. The highest BCUT2D eigenvalue weighted by atomic mass is 16.5. The molecule has 2 aliphatic rings. The summed E-state index contributed by atoms with van der Waals surface area (Å²) < 4.78 is 11.4. The van der Waals surface area contributed by atoms with Gasteiger partial charge in [-0.2, -0.15) is 0 Å². The highest BCUT2D eigenvalue weighted by Gasteiger charge is 2.29. The lowest BCUT2D eigenvalue weighted by Crippen LogP contribution is -2.55. The van der Waals surface area contributed by atoms with Gasteiger partial charge in [0.05, 0.1) is 12.7 Å². The highest BCUT2D eigenvalue weighted by Crippen LogP contribution is 2.17. The lowest BCUT2D eigenvalue weighted by molar-refractivity contribution is -0.0372. The molecule has 1 N–H and O–H groups in total. The van der Waals surface area contributed by atoms with Crippen LogP contribution < -0.4 is 5.32 Å². The van der Waals surface area contributed by atoms with E-state index in [1.807, 2.05) is 7.05 Å². The number of hydrogen-bond donors (Lipinski definition) is 1. The molecule has 4 nitrogen and oxygen atoms in total. The second kappa shape index (κ2) is 6.69. The van der Waals surface area contributed by atoms with E-state index in [4.69, 9.17) is 9.47 Å². The molecule has 17 heavy (non-hydrogen) atoms. The quantitative estimate of drug-likeness (QED) is 0.793. The molecule has 2 aliphatic heterocycles. The van der Waals surface area contributed by atoms with Gasteiger partial charge >= 0.3 is 0 Å². The normalized spacial score (nSPS) is 35.1. The van der Waals surface area contributed by atoms with Crippen LogP contribution in [0.5, 0.6) is 0 Å². The van der Waals surface area contributed by atoms with Gasteiger partial charge in [0.15, 0.2) is 0 Å². The van der Waals surface area contributed by atoms with Gasteiger partial charge in [-0.05, 0) is 39.8 Å². The first kappa shape index (κ1) is 13.3. The molecule has 2 fully saturated rings. The zero-order valence-corrected chi connectivity index (χ0v) is 11.2. The molecule has 100 valence electrons. The average molecular weight is 242 g/mol. The molecule has 0 amide bonds. The summed E-state index contributed by atoms with van der Waals surface area (Å²) >= 11 is 0. The molecule has 3 atom stereocenters. The van der Waals surface area contributed by atoms with Gasteiger partial charge in [-0.3, -0.25) is 4.90 Å². The van der Waals surface area contributed by atoms with E-state index in [1.54, 1.807) is 0 Å². The van der Waals surface area contributed by atoms with Crippen LogP contribution in [0.1, 0.15) is 25.7 Å². The number of nitrogens with one attached hydrogen (secondary N) is 1. The largest absolute Gasteiger partial charge is 0.380 e. The van der Waals surface area contributed by atoms with Gasteiger partial charge in [0.2, 0.25) is 0 Å². The first-order valence-corrected chi connectivity index (χ1v) is 6.88. The zero-order chi connectivity index (χ0) is 12.1. The monoisotopic (exact) mass is 242 g/mol. The van der Waals surface area contributed by atoms with E-state index >= 15 is 0 Å². The maximum absolute atomic E-state index is 5.81. The van der Waals surface area contributed by atoms with Crippen LogP contribution in [0, 0.1) is 0 Å². The fraction of sp³-hybridized carbons (Fsp3) is 1.00. The first-order chi connectivity index (χ1) is 8.31. The minimum absolute atomic E-state index is 0.424. The van der Waals surface area contributed by atoms with Crippen LogP contribution in [-0.2, 0) is 9.47 Å². The Labute approximate surface area is 105 Å². The van der Waals surface area contributed by atoms with Crippen LogP contribution in [0.4, 0.5) is 0 Å². The van der Waals surface area contributed by atoms with Crippen molar-refractivity contribution in [3.8, 4) is 0 Å². The Balaban J connectivity index is 1.82. The molecule has 2 heterocycles. The van der Waals surface area contributed by atoms with Crippen LogP contribution in [0.25, 0.3) is 0 Å². The third-order valence-corrected chi connectivity index (χ3v) is 4.03. The van der Waals surface area contributed by atoms with Gasteiger partial charge < -0.3 is 14.8 Å². The van der Waals surface area contributed by atoms with E-state index in [9.17, 15) is 0 Å². The standard InChI is InChI=1S/C13H26N2O2/c1-14-12-6-8-16-10-13(12)15(2)9-11-5-3-4-7-17-11/h11-14H,3-10H2,1-2H3. The van der Waals surface area contributed by atoms with Crippen molar-refractivity contribution in [1.82, 2.24) is 10.2 Å². The summed E-state index contributed by atoms with van der Waals surface area (Å²) in [4.78, 5) is 2.41. The van der Waals surface area contributed by atoms with E-state index in [-0.39, 0.29) is 0 Å². The van der Waals surface area contributed by atoms with Crippen molar-refractivity contribution in [2.24, 2.45) is 0 Å². The van der Waals surface area contributed by atoms with Crippen molar-refractivity contribution in [2.75, 3.05) is 40.5 Å². The number of nitrogens with zero attached hydrogens (tertiary/aromatic N) is 1. The second-order valence-electron chi connectivity index (χ2n) is 5.25. The molecule has 0 saturated carbocycles. The molecule has 0 bridgehead atoms. The molecule has 0 aromatic heterocycles. The van der Waals surface area contributed by atoms with Gasteiger partial charge in [0.1, 0.15) is 0 Å². The van der Waals surface area contributed by atoms with Crippen molar-refractivity contribution >= 4 is 0 Å². The molecule has 3 unspecified atom stereocenters. The van der Waals surface area contributed by atoms with Crippen molar-refractivity contribution in [3.05, 3.63) is 0 Å². The van der Waals surface area contributed by atoms with Crippen molar-refractivity contribution in [2.45, 2.75) is 43.9 Å². The van der Waals surface area contributed by atoms with E-state index in [2.05, 4.69) is 17.3 Å². The Hall–Kier alpha value is -0.160. The summed E-state index contributed by atoms with van der Waals surface area (Å²) in [6.45, 7) is 3.70. The minimum Gasteiger partial charge on any atom is -0.380 e. The Bertz CT molecular complexity index is 219. The molecule has 0 spiro atoms. The Morgan fingerprint density at radius 1 is 1.24 bits per heavy atom. The summed E-state index contributed by atoms with van der Waals surface area (Å²) in [5.41, 5.74) is 0. The van der Waals surface area contributed by atoms with Crippen LogP contribution in [0.2, 0.25) is 0 Å². The third-order valence-electron chi connectivity index (χ3n) is 4.03. The maximum Gasteiger partial charge on any atom is 0.0702 e. The van der Waals surface area contributed by atoms with Gasteiger partial charge in [-0.1, -0.05) is 0 Å². The fourth-order valence-corrected chi connectivity index (χ4v) is 2.90. The van der Waals surface area contributed by atoms with E-state index < -0.39 is 0 Å². The summed E-state index contributed by atoms with van der Waals surface area (Å²) in [6, 6.07) is 1.04. The van der Waals surface area contributed by atoms with E-state index in [1.165, 1.54) is 19.3 Å². The molecule has 2 saturated heterocycles. The molecular weight excluding hydrogens is 216 g/mol. The van der Waals surface area contributed by atoms with Crippen LogP contribution in [0.3, 0.4) is 0 Å². The SMILES string of the molecule is CNC1CCOCC1N(C)CC1CCCCO1. The van der Waals surface area contributed by atoms with E-state index in [0.29, 0.717) is 18.2 Å². The number of likely N-dealkylation sites (N-methyl/N-ethyl adjacent to an activating group) is 2. The molecule has 0 aromatic rings. The van der Waals surface area contributed by atoms with Crippen LogP contribution in [0.15, 0.2) is 0 Å². The Morgan fingerprint density at radius 3 is 2.82 bits per heavy atom. The molecule has 0 aliphatic carbocycles. The van der Waals surface area contributed by atoms with Gasteiger partial charge in [-0.25, -0.2) is 0 Å². The lowest BCUT2D eigenvalue weighted by atomic mass is 10.0. The van der Waals surface area contributed by atoms with E-state index in [0.717, 1.165) is 32.8 Å². The predicted octanol–water partition coefficient (Wildman–Crippen LogP) is 0.864. The predicted molar refractivity (Wildman–Crippen MR) is 68.3 cm³/mol. The summed E-state index contributed by atoms with van der Waals surface area (Å²) in [5.74, 6) is 0. The summed E-state index contributed by atoms with van der Waals surface area (Å²) in [6.07, 6.45) is 5.29. The Morgan fingerprint density at radius 2 is 2.12 bits per heavy atom. The molecule has 0 radical (unpaired) electrons. The van der Waals surface area contributed by atoms with Crippen molar-refractivity contribution < 1.29 is 9.47 Å². The number of hydrogen-bond acceptors (Lipinski definition) is 4. The molecular formula is C13H26N2O2. The average Bonchev–Trinajstić information content (AvgIpc) is 2.40. The van der Waals surface area contributed by atoms with Gasteiger partial charge in [0, 0.05) is 31.8 Å². The van der Waals surface area contributed by atoms with Gasteiger partial charge in [-0.15, -0.1) is 0 Å². The smallest absolute Gasteiger partial charge is 0.0702 e. The van der Waals surface area contributed by atoms with Gasteiger partial charge in [0.25, 0.3) is 0 Å². The topological polar surface area (TPSA) is 33.7 Å². The first-order valence-electron chi connectivity index (χ1n) is 6.88. The van der Waals surface area contributed by atoms with Crippen molar-refractivity contribution in [3.63, 3.8) is 0 Å². The third kappa shape index (κ3) is 3.65. The highest BCUT2D eigenvalue weighted by molar-refractivity contribution is 4.86. The van der Waals surface area contributed by atoms with Crippen LogP contribution in [-0.4, -0.2) is 63.5 Å². The molecule has 2 rings (SSSR count). The summed E-state index contributed by atoms with van der Waals surface area (Å²) in [5, 5.41) is 3.41.